The van der Waals surface area contributed by atoms with Gasteiger partial charge in [0.05, 0.1) is 25.7 Å². The van der Waals surface area contributed by atoms with Crippen LogP contribution in [0.3, 0.4) is 0 Å². The van der Waals surface area contributed by atoms with Crippen molar-refractivity contribution >= 4 is 54.2 Å². The molecule has 26 heavy (non-hydrogen) atoms. The molecule has 0 radical (unpaired) electrons. The fourth-order valence-electron chi connectivity index (χ4n) is 2.17. The average molecular weight is 414 g/mol. The van der Waals surface area contributed by atoms with Crippen molar-refractivity contribution in [3.05, 3.63) is 52.8 Å². The van der Waals surface area contributed by atoms with Gasteiger partial charge in [0, 0.05) is 14.1 Å². The summed E-state index contributed by atoms with van der Waals surface area (Å²) in [6.07, 6.45) is 0. The molecule has 1 heterocycles. The Hall–Kier alpha value is -2.07. The average Bonchev–Trinajstić information content (AvgIpc) is 2.95. The van der Waals surface area contributed by atoms with Crippen molar-refractivity contribution in [2.45, 2.75) is 4.90 Å². The fraction of sp³-hybridized carbons (Fsp3) is 0.125. The van der Waals surface area contributed by atoms with Crippen molar-refractivity contribution in [2.75, 3.05) is 19.4 Å². The van der Waals surface area contributed by atoms with Gasteiger partial charge in [0.2, 0.25) is 10.0 Å². The molecule has 0 saturated heterocycles. The minimum atomic E-state index is -3.56. The van der Waals surface area contributed by atoms with Gasteiger partial charge in [-0.05, 0) is 36.4 Å². The molecule has 136 valence electrons. The number of nitrogens with one attached hydrogen (secondary N) is 1. The van der Waals surface area contributed by atoms with Crippen LogP contribution in [0.15, 0.2) is 41.3 Å². The summed E-state index contributed by atoms with van der Waals surface area (Å²) in [5, 5.41) is 2.86. The van der Waals surface area contributed by atoms with Gasteiger partial charge in [0.15, 0.2) is 5.13 Å². The summed E-state index contributed by atoms with van der Waals surface area (Å²) in [6.45, 7) is 0. The second-order valence-corrected chi connectivity index (χ2v) is 9.10. The van der Waals surface area contributed by atoms with E-state index in [9.17, 15) is 17.6 Å². The summed E-state index contributed by atoms with van der Waals surface area (Å²) in [4.78, 5) is 16.7. The van der Waals surface area contributed by atoms with Crippen LogP contribution in [-0.4, -0.2) is 37.7 Å². The third-order valence-corrected chi connectivity index (χ3v) is 6.59. The number of amides is 1. The molecule has 1 aromatic heterocycles. The van der Waals surface area contributed by atoms with E-state index in [4.69, 9.17) is 11.6 Å². The first-order valence-electron chi connectivity index (χ1n) is 7.28. The molecular weight excluding hydrogens is 401 g/mol. The third-order valence-electron chi connectivity index (χ3n) is 3.53. The molecule has 0 saturated carbocycles. The monoisotopic (exact) mass is 413 g/mol. The van der Waals surface area contributed by atoms with E-state index in [1.54, 1.807) is 6.07 Å². The summed E-state index contributed by atoms with van der Waals surface area (Å²) < 4.78 is 39.2. The first-order chi connectivity index (χ1) is 12.2. The highest BCUT2D eigenvalue weighted by molar-refractivity contribution is 7.89. The van der Waals surface area contributed by atoms with Gasteiger partial charge < -0.3 is 0 Å². The number of rotatable bonds is 4. The van der Waals surface area contributed by atoms with Gasteiger partial charge in [-0.15, -0.1) is 0 Å². The van der Waals surface area contributed by atoms with E-state index in [0.717, 1.165) is 27.8 Å². The number of carbonyl (C=O) groups is 1. The lowest BCUT2D eigenvalue weighted by atomic mass is 10.2. The predicted molar refractivity (Wildman–Crippen MR) is 99.9 cm³/mol. The van der Waals surface area contributed by atoms with Crippen LogP contribution in [-0.2, 0) is 10.0 Å². The molecule has 1 N–H and O–H groups in total. The first-order valence-corrected chi connectivity index (χ1v) is 9.91. The number of thiazole rings is 1. The maximum absolute atomic E-state index is 13.1. The summed E-state index contributed by atoms with van der Waals surface area (Å²) in [5.74, 6) is -1.07. The molecule has 1 amide bonds. The molecule has 6 nitrogen and oxygen atoms in total. The Morgan fingerprint density at radius 1 is 1.23 bits per heavy atom. The zero-order chi connectivity index (χ0) is 19.1. The SMILES string of the molecule is CN(C)S(=O)(=O)c1ccc2nc(NC(=O)c3ccc(F)cc3Cl)sc2c1. The molecule has 2 aromatic carbocycles. The fourth-order valence-corrected chi connectivity index (χ4v) is 4.32. The number of anilines is 1. The molecule has 0 spiro atoms. The molecule has 0 aliphatic rings. The Morgan fingerprint density at radius 3 is 2.62 bits per heavy atom. The maximum atomic E-state index is 13.1. The van der Waals surface area contributed by atoms with Crippen molar-refractivity contribution in [2.24, 2.45) is 0 Å². The first kappa shape index (κ1) is 18.7. The van der Waals surface area contributed by atoms with Crippen LogP contribution in [0.2, 0.25) is 5.02 Å². The van der Waals surface area contributed by atoms with Gasteiger partial charge in [-0.3, -0.25) is 10.1 Å². The Bertz CT molecular complexity index is 1110. The number of hydrogen-bond donors (Lipinski definition) is 1. The zero-order valence-corrected chi connectivity index (χ0v) is 16.0. The highest BCUT2D eigenvalue weighted by Gasteiger charge is 2.19. The van der Waals surface area contributed by atoms with Crippen LogP contribution in [0, 0.1) is 5.82 Å². The number of halogens is 2. The van der Waals surface area contributed by atoms with Crippen molar-refractivity contribution < 1.29 is 17.6 Å². The molecule has 10 heteroatoms. The van der Waals surface area contributed by atoms with E-state index in [2.05, 4.69) is 10.3 Å². The van der Waals surface area contributed by atoms with E-state index >= 15 is 0 Å². The Labute approximate surface area is 158 Å². The van der Waals surface area contributed by atoms with Crippen LogP contribution in [0.1, 0.15) is 10.4 Å². The van der Waals surface area contributed by atoms with E-state index in [1.807, 2.05) is 0 Å². The highest BCUT2D eigenvalue weighted by Crippen LogP contribution is 2.29. The van der Waals surface area contributed by atoms with Gasteiger partial charge >= 0.3 is 0 Å². The third kappa shape index (κ3) is 3.56. The number of fused-ring (bicyclic) bond motifs is 1. The second kappa shape index (κ2) is 6.92. The van der Waals surface area contributed by atoms with Crippen LogP contribution < -0.4 is 5.32 Å². The van der Waals surface area contributed by atoms with Crippen LogP contribution in [0.5, 0.6) is 0 Å². The van der Waals surface area contributed by atoms with Gasteiger partial charge in [0.1, 0.15) is 5.82 Å². The summed E-state index contributed by atoms with van der Waals surface area (Å²) in [5.41, 5.74) is 0.663. The minimum absolute atomic E-state index is 0.0111. The number of benzene rings is 2. The zero-order valence-electron chi connectivity index (χ0n) is 13.7. The number of aromatic nitrogens is 1. The van der Waals surface area contributed by atoms with Gasteiger partial charge in [-0.25, -0.2) is 22.1 Å². The van der Waals surface area contributed by atoms with Crippen molar-refractivity contribution in [3.63, 3.8) is 0 Å². The topological polar surface area (TPSA) is 79.4 Å². The molecule has 0 unspecified atom stereocenters. The number of sulfonamides is 1. The smallest absolute Gasteiger partial charge is 0.258 e. The molecular formula is C16H13ClFN3O3S2. The molecule has 3 rings (SSSR count). The lowest BCUT2D eigenvalue weighted by Gasteiger charge is -2.10. The molecule has 0 atom stereocenters. The number of hydrogen-bond acceptors (Lipinski definition) is 5. The van der Waals surface area contributed by atoms with Gasteiger partial charge in [-0.2, -0.15) is 0 Å². The van der Waals surface area contributed by atoms with E-state index in [-0.39, 0.29) is 20.6 Å². The summed E-state index contributed by atoms with van der Waals surface area (Å²) in [7, 11) is -0.666. The van der Waals surface area contributed by atoms with E-state index in [1.165, 1.54) is 32.3 Å². The largest absolute Gasteiger partial charge is 0.298 e. The van der Waals surface area contributed by atoms with Gasteiger partial charge in [-0.1, -0.05) is 22.9 Å². The minimum Gasteiger partial charge on any atom is -0.298 e. The Kier molecular flexibility index (Phi) is 4.98. The van der Waals surface area contributed by atoms with Crippen molar-refractivity contribution in [1.82, 2.24) is 9.29 Å². The number of nitrogens with zero attached hydrogens (tertiary/aromatic N) is 2. The Balaban J connectivity index is 1.91. The normalized spacial score (nSPS) is 11.9. The Morgan fingerprint density at radius 2 is 1.96 bits per heavy atom. The van der Waals surface area contributed by atoms with Crippen LogP contribution >= 0.6 is 22.9 Å². The molecule has 0 aliphatic carbocycles. The number of carbonyl (C=O) groups excluding carboxylic acids is 1. The van der Waals surface area contributed by atoms with Crippen LogP contribution in [0.4, 0.5) is 9.52 Å². The maximum Gasteiger partial charge on any atom is 0.258 e. The predicted octanol–water partition coefficient (Wildman–Crippen LogP) is 3.59. The van der Waals surface area contributed by atoms with Crippen molar-refractivity contribution in [3.8, 4) is 0 Å². The molecule has 3 aromatic rings. The molecule has 0 bridgehead atoms. The molecule has 0 fully saturated rings. The van der Waals surface area contributed by atoms with E-state index in [0.29, 0.717) is 10.2 Å². The van der Waals surface area contributed by atoms with E-state index < -0.39 is 21.7 Å². The molecule has 0 aliphatic heterocycles. The van der Waals surface area contributed by atoms with Gasteiger partial charge in [0.25, 0.3) is 5.91 Å². The lowest BCUT2D eigenvalue weighted by molar-refractivity contribution is 0.102. The standard InChI is InChI=1S/C16H13ClFN3O3S2/c1-21(2)26(23,24)10-4-6-13-14(8-10)25-16(19-13)20-15(22)11-5-3-9(18)7-12(11)17/h3-8H,1-2H3,(H,19,20,22). The lowest BCUT2D eigenvalue weighted by Crippen LogP contribution is -2.22. The van der Waals surface area contributed by atoms with Crippen LogP contribution in [0.25, 0.3) is 10.2 Å². The summed E-state index contributed by atoms with van der Waals surface area (Å²) in [6, 6.07) is 8.00. The van der Waals surface area contributed by atoms with Crippen molar-refractivity contribution in [1.29, 1.82) is 0 Å². The second-order valence-electron chi connectivity index (χ2n) is 5.51. The summed E-state index contributed by atoms with van der Waals surface area (Å²) >= 11 is 7.01. The quantitative estimate of drug-likeness (QED) is 0.708. The highest BCUT2D eigenvalue weighted by atomic mass is 35.5.